The Bertz CT molecular complexity index is 654. The molecule has 1 aromatic carbocycles. The summed E-state index contributed by atoms with van der Waals surface area (Å²) in [6, 6.07) is 9.38. The standard InChI is InChI=1S/C15H22N2O5S.C3H8.C2H6/c1-15(2,14(18)16-19)23(20,21)17-10-8-13(9-11-17)22-12-6-4-3-5-7-12;1-3-2;1-2/h3-7,13,19H,8-11H2,1-2H3,(H,16,18);3H2,1-2H3;1-2H3. The van der Waals surface area contributed by atoms with Crippen molar-refractivity contribution in [3.8, 4) is 5.75 Å². The molecular formula is C20H36N2O5S. The number of nitrogens with zero attached hydrogens (tertiary/aromatic N) is 1. The van der Waals surface area contributed by atoms with E-state index in [4.69, 9.17) is 9.94 Å². The summed E-state index contributed by atoms with van der Waals surface area (Å²) in [5.74, 6) is -0.186. The topological polar surface area (TPSA) is 95.9 Å². The highest BCUT2D eigenvalue weighted by Gasteiger charge is 2.46. The van der Waals surface area contributed by atoms with Crippen LogP contribution in [-0.2, 0) is 14.8 Å². The summed E-state index contributed by atoms with van der Waals surface area (Å²) in [6.45, 7) is 11.4. The maximum absolute atomic E-state index is 12.6. The summed E-state index contributed by atoms with van der Waals surface area (Å²) in [7, 11) is -3.86. The maximum atomic E-state index is 12.6. The van der Waals surface area contributed by atoms with Crippen LogP contribution in [0, 0.1) is 0 Å². The van der Waals surface area contributed by atoms with Crippen LogP contribution in [0.3, 0.4) is 0 Å². The number of benzene rings is 1. The van der Waals surface area contributed by atoms with E-state index < -0.39 is 20.7 Å². The summed E-state index contributed by atoms with van der Waals surface area (Å²) in [5.41, 5.74) is 1.42. The van der Waals surface area contributed by atoms with Crippen molar-refractivity contribution < 1.29 is 23.2 Å². The Morgan fingerprint density at radius 3 is 2.07 bits per heavy atom. The number of carbonyl (C=O) groups is 1. The Hall–Kier alpha value is -1.64. The van der Waals surface area contributed by atoms with Crippen molar-refractivity contribution in [2.45, 2.75) is 71.7 Å². The number of sulfonamides is 1. The van der Waals surface area contributed by atoms with Crippen molar-refractivity contribution in [3.63, 3.8) is 0 Å². The van der Waals surface area contributed by atoms with Crippen LogP contribution in [0.5, 0.6) is 5.75 Å². The van der Waals surface area contributed by atoms with Gasteiger partial charge in [-0.3, -0.25) is 10.0 Å². The number of hydroxylamine groups is 1. The fourth-order valence-corrected chi connectivity index (χ4v) is 4.07. The molecule has 8 heteroatoms. The molecule has 0 bridgehead atoms. The lowest BCUT2D eigenvalue weighted by molar-refractivity contribution is -0.131. The fourth-order valence-electron chi connectivity index (χ4n) is 2.46. The lowest BCUT2D eigenvalue weighted by Crippen LogP contribution is -2.55. The van der Waals surface area contributed by atoms with E-state index in [0.717, 1.165) is 5.75 Å². The fraction of sp³-hybridized carbons (Fsp3) is 0.650. The van der Waals surface area contributed by atoms with Gasteiger partial charge in [0.05, 0.1) is 0 Å². The molecule has 0 aromatic heterocycles. The van der Waals surface area contributed by atoms with Crippen LogP contribution in [0.1, 0.15) is 60.8 Å². The summed E-state index contributed by atoms with van der Waals surface area (Å²) < 4.78 is 30.6. The number of amides is 1. The summed E-state index contributed by atoms with van der Waals surface area (Å²) in [5, 5.41) is 8.74. The van der Waals surface area contributed by atoms with Gasteiger partial charge in [0, 0.05) is 13.1 Å². The first-order valence-electron chi connectivity index (χ1n) is 9.86. The van der Waals surface area contributed by atoms with Crippen LogP contribution in [0.25, 0.3) is 0 Å². The highest BCUT2D eigenvalue weighted by Crippen LogP contribution is 2.26. The third-order valence-electron chi connectivity index (χ3n) is 4.08. The van der Waals surface area contributed by atoms with Crippen LogP contribution in [0.2, 0.25) is 0 Å². The maximum Gasteiger partial charge on any atom is 0.265 e. The highest BCUT2D eigenvalue weighted by atomic mass is 32.2. The second-order valence-corrected chi connectivity index (χ2v) is 9.18. The van der Waals surface area contributed by atoms with Crippen LogP contribution >= 0.6 is 0 Å². The van der Waals surface area contributed by atoms with E-state index in [2.05, 4.69) is 13.8 Å². The molecular weight excluding hydrogens is 380 g/mol. The minimum Gasteiger partial charge on any atom is -0.490 e. The molecule has 1 aromatic rings. The van der Waals surface area contributed by atoms with E-state index in [-0.39, 0.29) is 19.2 Å². The van der Waals surface area contributed by atoms with Crippen molar-refractivity contribution in [2.75, 3.05) is 13.1 Å². The molecule has 2 rings (SSSR count). The number of hydrogen-bond acceptors (Lipinski definition) is 5. The third-order valence-corrected chi connectivity index (χ3v) is 6.60. The number of carbonyl (C=O) groups excluding carboxylic acids is 1. The minimum absolute atomic E-state index is 0.0568. The van der Waals surface area contributed by atoms with E-state index in [9.17, 15) is 13.2 Å². The van der Waals surface area contributed by atoms with Gasteiger partial charge in [0.15, 0.2) is 4.75 Å². The van der Waals surface area contributed by atoms with Crippen molar-refractivity contribution >= 4 is 15.9 Å². The van der Waals surface area contributed by atoms with Crippen LogP contribution in [0.15, 0.2) is 30.3 Å². The zero-order chi connectivity index (χ0) is 21.8. The zero-order valence-corrected chi connectivity index (χ0v) is 18.8. The van der Waals surface area contributed by atoms with Gasteiger partial charge in [-0.15, -0.1) is 0 Å². The van der Waals surface area contributed by atoms with Gasteiger partial charge in [0.25, 0.3) is 5.91 Å². The van der Waals surface area contributed by atoms with E-state index in [1.807, 2.05) is 44.2 Å². The Balaban J connectivity index is 0.00000133. The predicted octanol–water partition coefficient (Wildman–Crippen LogP) is 3.59. The first kappa shape index (κ1) is 26.4. The SMILES string of the molecule is CC.CC(C)(C(=O)NO)S(=O)(=O)N1CCC(Oc2ccccc2)CC1.CCC. The van der Waals surface area contributed by atoms with Crippen molar-refractivity contribution in [1.82, 2.24) is 9.79 Å². The van der Waals surface area contributed by atoms with Gasteiger partial charge >= 0.3 is 0 Å². The van der Waals surface area contributed by atoms with Gasteiger partial charge < -0.3 is 4.74 Å². The van der Waals surface area contributed by atoms with Gasteiger partial charge in [-0.1, -0.05) is 52.3 Å². The average Bonchev–Trinajstić information content (AvgIpc) is 2.70. The molecule has 1 aliphatic rings. The van der Waals surface area contributed by atoms with E-state index in [1.54, 1.807) is 0 Å². The number of piperidine rings is 1. The number of para-hydroxylation sites is 1. The Labute approximate surface area is 170 Å². The number of hydrogen-bond donors (Lipinski definition) is 2. The van der Waals surface area contributed by atoms with E-state index in [1.165, 1.54) is 30.1 Å². The molecule has 1 heterocycles. The second kappa shape index (κ2) is 12.7. The average molecular weight is 417 g/mol. The van der Waals surface area contributed by atoms with Gasteiger partial charge in [-0.25, -0.2) is 18.2 Å². The molecule has 2 N–H and O–H groups in total. The van der Waals surface area contributed by atoms with Crippen molar-refractivity contribution in [1.29, 1.82) is 0 Å². The monoisotopic (exact) mass is 416 g/mol. The lowest BCUT2D eigenvalue weighted by atomic mass is 10.1. The number of rotatable bonds is 5. The number of ether oxygens (including phenoxy) is 1. The quantitative estimate of drug-likeness (QED) is 0.565. The first-order chi connectivity index (χ1) is 13.2. The van der Waals surface area contributed by atoms with Gasteiger partial charge in [-0.05, 0) is 38.8 Å². The normalized spacial score (nSPS) is 15.4. The Morgan fingerprint density at radius 1 is 1.18 bits per heavy atom. The van der Waals surface area contributed by atoms with Gasteiger partial charge in [-0.2, -0.15) is 0 Å². The zero-order valence-electron chi connectivity index (χ0n) is 17.9. The molecule has 0 aliphatic carbocycles. The largest absolute Gasteiger partial charge is 0.490 e. The first-order valence-corrected chi connectivity index (χ1v) is 11.3. The molecule has 7 nitrogen and oxygen atoms in total. The van der Waals surface area contributed by atoms with E-state index >= 15 is 0 Å². The summed E-state index contributed by atoms with van der Waals surface area (Å²) >= 11 is 0. The van der Waals surface area contributed by atoms with E-state index in [0.29, 0.717) is 12.8 Å². The predicted molar refractivity (Wildman–Crippen MR) is 112 cm³/mol. The van der Waals surface area contributed by atoms with Crippen LogP contribution in [-0.4, -0.2) is 47.8 Å². The molecule has 1 saturated heterocycles. The molecule has 0 saturated carbocycles. The molecule has 1 fully saturated rings. The lowest BCUT2D eigenvalue weighted by Gasteiger charge is -2.35. The second-order valence-electron chi connectivity index (χ2n) is 6.69. The smallest absolute Gasteiger partial charge is 0.265 e. The van der Waals surface area contributed by atoms with Crippen LogP contribution in [0.4, 0.5) is 0 Å². The molecule has 0 atom stereocenters. The molecule has 162 valence electrons. The Morgan fingerprint density at radius 2 is 1.64 bits per heavy atom. The highest BCUT2D eigenvalue weighted by molar-refractivity contribution is 7.91. The molecule has 0 unspecified atom stereocenters. The summed E-state index contributed by atoms with van der Waals surface area (Å²) in [4.78, 5) is 11.6. The molecule has 1 amide bonds. The van der Waals surface area contributed by atoms with Crippen molar-refractivity contribution in [3.05, 3.63) is 30.3 Å². The minimum atomic E-state index is -3.86. The molecule has 28 heavy (non-hydrogen) atoms. The van der Waals surface area contributed by atoms with Crippen LogP contribution < -0.4 is 10.2 Å². The van der Waals surface area contributed by atoms with Gasteiger partial charge in [0.2, 0.25) is 10.0 Å². The summed E-state index contributed by atoms with van der Waals surface area (Å²) in [6.07, 6.45) is 2.29. The third kappa shape index (κ3) is 7.07. The molecule has 0 radical (unpaired) electrons. The molecule has 0 spiro atoms. The number of nitrogens with one attached hydrogen (secondary N) is 1. The van der Waals surface area contributed by atoms with Gasteiger partial charge in [0.1, 0.15) is 11.9 Å². The molecule has 1 aliphatic heterocycles. The van der Waals surface area contributed by atoms with Crippen molar-refractivity contribution in [2.24, 2.45) is 0 Å². The Kier molecular flexibility index (Phi) is 12.0.